The number of esters is 1. The van der Waals surface area contributed by atoms with E-state index in [2.05, 4.69) is 11.5 Å². The molecule has 0 bridgehead atoms. The molecule has 2 aromatic rings. The minimum absolute atomic E-state index is 0.138. The highest BCUT2D eigenvalue weighted by Gasteiger charge is 2.16. The number of nitriles is 1. The van der Waals surface area contributed by atoms with Gasteiger partial charge in [0, 0.05) is 23.5 Å². The van der Waals surface area contributed by atoms with Gasteiger partial charge in [-0.05, 0) is 69.2 Å². The average molecular weight is 394 g/mol. The Morgan fingerprint density at radius 2 is 1.86 bits per heavy atom. The van der Waals surface area contributed by atoms with Gasteiger partial charge in [-0.1, -0.05) is 6.92 Å². The molecule has 0 atom stereocenters. The number of carbonyl (C=O) groups excluding carboxylic acids is 2. The fraction of sp³-hybridized carbons (Fsp3) is 0.348. The van der Waals surface area contributed by atoms with Crippen LogP contribution in [0.15, 0.2) is 35.9 Å². The van der Waals surface area contributed by atoms with Crippen molar-refractivity contribution in [1.29, 1.82) is 5.26 Å². The number of ketones is 1. The number of nitrogens with zero attached hydrogens (tertiary/aromatic N) is 2. The van der Waals surface area contributed by atoms with Crippen molar-refractivity contribution in [2.75, 3.05) is 13.2 Å². The van der Waals surface area contributed by atoms with Crippen LogP contribution in [0, 0.1) is 25.2 Å². The average Bonchev–Trinajstić information content (AvgIpc) is 2.98. The Hall–Kier alpha value is -3.33. The van der Waals surface area contributed by atoms with Gasteiger partial charge in [0.05, 0.1) is 6.61 Å². The summed E-state index contributed by atoms with van der Waals surface area (Å²) in [4.78, 5) is 24.5. The Kier molecular flexibility index (Phi) is 7.79. The van der Waals surface area contributed by atoms with Crippen molar-refractivity contribution in [2.24, 2.45) is 0 Å². The van der Waals surface area contributed by atoms with Gasteiger partial charge in [-0.3, -0.25) is 4.79 Å². The third-order valence-corrected chi connectivity index (χ3v) is 4.52. The number of benzene rings is 1. The van der Waals surface area contributed by atoms with Gasteiger partial charge in [0.15, 0.2) is 12.4 Å². The lowest BCUT2D eigenvalue weighted by Gasteiger charge is -2.07. The van der Waals surface area contributed by atoms with E-state index in [1.807, 2.05) is 32.9 Å². The van der Waals surface area contributed by atoms with E-state index in [-0.39, 0.29) is 11.4 Å². The van der Waals surface area contributed by atoms with Crippen LogP contribution in [0.2, 0.25) is 0 Å². The standard InChI is InChI=1S/C23H26N2O4/c1-5-11-25-16(3)12-19(17(25)4)13-20(14-24)23(27)29-15-22(26)18-7-9-21(10-8-18)28-6-2/h7-10,12-13H,5-6,11,15H2,1-4H3/b20-13+. The molecule has 0 aliphatic heterocycles. The number of hydrogen-bond donors (Lipinski definition) is 0. The Labute approximate surface area is 171 Å². The monoisotopic (exact) mass is 394 g/mol. The van der Waals surface area contributed by atoms with Crippen molar-refractivity contribution in [2.45, 2.75) is 40.7 Å². The fourth-order valence-electron chi connectivity index (χ4n) is 3.03. The lowest BCUT2D eigenvalue weighted by Crippen LogP contribution is -2.15. The van der Waals surface area contributed by atoms with E-state index >= 15 is 0 Å². The van der Waals surface area contributed by atoms with Crippen LogP contribution >= 0.6 is 0 Å². The maximum Gasteiger partial charge on any atom is 0.349 e. The second-order valence-corrected chi connectivity index (χ2v) is 6.60. The molecule has 0 N–H and O–H groups in total. The zero-order valence-corrected chi connectivity index (χ0v) is 17.3. The van der Waals surface area contributed by atoms with E-state index in [1.54, 1.807) is 24.3 Å². The smallest absolute Gasteiger partial charge is 0.349 e. The summed E-state index contributed by atoms with van der Waals surface area (Å²) in [6, 6.07) is 10.4. The van der Waals surface area contributed by atoms with E-state index in [1.165, 1.54) is 6.08 Å². The highest BCUT2D eigenvalue weighted by atomic mass is 16.5. The molecule has 0 saturated carbocycles. The van der Waals surface area contributed by atoms with Gasteiger partial charge in [-0.15, -0.1) is 0 Å². The van der Waals surface area contributed by atoms with Gasteiger partial charge in [0.2, 0.25) is 0 Å². The fourth-order valence-corrected chi connectivity index (χ4v) is 3.03. The molecule has 0 amide bonds. The highest BCUT2D eigenvalue weighted by molar-refractivity contribution is 6.02. The summed E-state index contributed by atoms with van der Waals surface area (Å²) in [6.07, 6.45) is 2.50. The molecule has 6 nitrogen and oxygen atoms in total. The van der Waals surface area contributed by atoms with Crippen molar-refractivity contribution >= 4 is 17.8 Å². The molecule has 6 heteroatoms. The van der Waals surface area contributed by atoms with Crippen molar-refractivity contribution in [3.05, 3.63) is 58.4 Å². The van der Waals surface area contributed by atoms with Gasteiger partial charge >= 0.3 is 5.97 Å². The maximum atomic E-state index is 12.3. The summed E-state index contributed by atoms with van der Waals surface area (Å²) in [5.41, 5.74) is 3.11. The van der Waals surface area contributed by atoms with Crippen LogP contribution in [0.1, 0.15) is 47.6 Å². The minimum atomic E-state index is -0.813. The van der Waals surface area contributed by atoms with Crippen molar-refractivity contribution in [1.82, 2.24) is 4.57 Å². The first kappa shape index (κ1) is 22.0. The van der Waals surface area contributed by atoms with Gasteiger partial charge in [0.1, 0.15) is 17.4 Å². The molecule has 0 saturated heterocycles. The number of hydrogen-bond acceptors (Lipinski definition) is 5. The van der Waals surface area contributed by atoms with E-state index in [4.69, 9.17) is 9.47 Å². The van der Waals surface area contributed by atoms with E-state index in [0.717, 1.165) is 29.9 Å². The van der Waals surface area contributed by atoms with E-state index in [0.29, 0.717) is 17.9 Å². The number of aryl methyl sites for hydroxylation is 1. The van der Waals surface area contributed by atoms with Gasteiger partial charge in [-0.2, -0.15) is 5.26 Å². The predicted molar refractivity (Wildman–Crippen MR) is 111 cm³/mol. The normalized spacial score (nSPS) is 11.1. The van der Waals surface area contributed by atoms with Crippen LogP contribution < -0.4 is 4.74 Å². The van der Waals surface area contributed by atoms with Crippen molar-refractivity contribution in [3.63, 3.8) is 0 Å². The number of ether oxygens (including phenoxy) is 2. The minimum Gasteiger partial charge on any atom is -0.494 e. The first-order valence-electron chi connectivity index (χ1n) is 9.62. The quantitative estimate of drug-likeness (QED) is 0.275. The number of rotatable bonds is 9. The predicted octanol–water partition coefficient (Wildman–Crippen LogP) is 4.25. The Morgan fingerprint density at radius 1 is 1.17 bits per heavy atom. The molecule has 0 fully saturated rings. The summed E-state index contributed by atoms with van der Waals surface area (Å²) in [6.45, 7) is 8.88. The summed E-state index contributed by atoms with van der Waals surface area (Å²) in [5, 5.41) is 9.37. The first-order valence-corrected chi connectivity index (χ1v) is 9.62. The third kappa shape index (κ3) is 5.58. The molecule has 29 heavy (non-hydrogen) atoms. The van der Waals surface area contributed by atoms with Gasteiger partial charge in [-0.25, -0.2) is 4.79 Å². The zero-order valence-electron chi connectivity index (χ0n) is 17.3. The second kappa shape index (κ2) is 10.3. The molecular formula is C23H26N2O4. The Bertz CT molecular complexity index is 946. The lowest BCUT2D eigenvalue weighted by molar-refractivity contribution is -0.137. The van der Waals surface area contributed by atoms with Crippen LogP contribution in [0.3, 0.4) is 0 Å². The van der Waals surface area contributed by atoms with Crippen LogP contribution in [-0.4, -0.2) is 29.5 Å². The van der Waals surface area contributed by atoms with Crippen LogP contribution in [0.25, 0.3) is 6.08 Å². The largest absolute Gasteiger partial charge is 0.494 e. The molecule has 1 heterocycles. The Morgan fingerprint density at radius 3 is 2.45 bits per heavy atom. The second-order valence-electron chi connectivity index (χ2n) is 6.60. The molecule has 0 unspecified atom stereocenters. The Balaban J connectivity index is 2.06. The maximum absolute atomic E-state index is 12.3. The van der Waals surface area contributed by atoms with E-state index < -0.39 is 12.6 Å². The molecule has 1 aromatic heterocycles. The number of carbonyl (C=O) groups is 2. The molecule has 0 spiro atoms. The topological polar surface area (TPSA) is 81.3 Å². The zero-order chi connectivity index (χ0) is 21.4. The van der Waals surface area contributed by atoms with Crippen LogP contribution in [0.4, 0.5) is 0 Å². The van der Waals surface area contributed by atoms with Crippen LogP contribution in [-0.2, 0) is 16.1 Å². The van der Waals surface area contributed by atoms with Gasteiger partial charge in [0.25, 0.3) is 0 Å². The summed E-state index contributed by atoms with van der Waals surface area (Å²) < 4.78 is 12.5. The number of aromatic nitrogens is 1. The third-order valence-electron chi connectivity index (χ3n) is 4.52. The van der Waals surface area contributed by atoms with Crippen molar-refractivity contribution in [3.8, 4) is 11.8 Å². The summed E-state index contributed by atoms with van der Waals surface area (Å²) >= 11 is 0. The molecule has 0 radical (unpaired) electrons. The van der Waals surface area contributed by atoms with Gasteiger partial charge < -0.3 is 14.0 Å². The first-order chi connectivity index (χ1) is 13.9. The van der Waals surface area contributed by atoms with Crippen molar-refractivity contribution < 1.29 is 19.1 Å². The molecule has 2 rings (SSSR count). The summed E-state index contributed by atoms with van der Waals surface area (Å²) in [7, 11) is 0. The molecular weight excluding hydrogens is 368 g/mol. The summed E-state index contributed by atoms with van der Waals surface area (Å²) in [5.74, 6) is -0.497. The SMILES string of the molecule is CCCn1c(C)cc(/C=C(\C#N)C(=O)OCC(=O)c2ccc(OCC)cc2)c1C. The number of Topliss-reactive ketones (excluding diaryl/α,β-unsaturated/α-hetero) is 1. The van der Waals surface area contributed by atoms with Crippen LogP contribution in [0.5, 0.6) is 5.75 Å². The van der Waals surface area contributed by atoms with E-state index in [9.17, 15) is 14.9 Å². The molecule has 0 aliphatic rings. The lowest BCUT2D eigenvalue weighted by atomic mass is 10.1. The molecule has 0 aliphatic carbocycles. The highest BCUT2D eigenvalue weighted by Crippen LogP contribution is 2.19. The molecule has 1 aromatic carbocycles. The molecule has 152 valence electrons.